The van der Waals surface area contributed by atoms with Gasteiger partial charge in [0.25, 0.3) is 0 Å². The number of carbonyl (C=O) groups excluding carboxylic acids is 1. The maximum absolute atomic E-state index is 13.2. The van der Waals surface area contributed by atoms with Crippen molar-refractivity contribution in [2.45, 2.75) is 40.2 Å². The molecular formula is C20H22ClNO3S2. The molecule has 27 heavy (non-hydrogen) atoms. The van der Waals surface area contributed by atoms with Crippen LogP contribution < -0.4 is 5.32 Å². The van der Waals surface area contributed by atoms with Crippen LogP contribution in [0, 0.1) is 0 Å². The van der Waals surface area contributed by atoms with Crippen molar-refractivity contribution in [3.8, 4) is 0 Å². The molecule has 1 aliphatic rings. The smallest absolute Gasteiger partial charge is 0.241 e. The summed E-state index contributed by atoms with van der Waals surface area (Å²) < 4.78 is 25.1. The van der Waals surface area contributed by atoms with E-state index in [1.807, 2.05) is 24.3 Å². The van der Waals surface area contributed by atoms with Crippen LogP contribution in [0.5, 0.6) is 0 Å². The fourth-order valence-corrected chi connectivity index (χ4v) is 6.42. The van der Waals surface area contributed by atoms with Gasteiger partial charge in [-0.15, -0.1) is 11.8 Å². The Balaban J connectivity index is 1.66. The number of halogens is 1. The molecule has 1 saturated carbocycles. The van der Waals surface area contributed by atoms with E-state index in [1.54, 1.807) is 42.1 Å². The van der Waals surface area contributed by atoms with Gasteiger partial charge in [0.1, 0.15) is 0 Å². The van der Waals surface area contributed by atoms with E-state index in [2.05, 4.69) is 5.32 Å². The molecule has 0 aromatic heterocycles. The van der Waals surface area contributed by atoms with Gasteiger partial charge in [0.05, 0.1) is 4.90 Å². The van der Waals surface area contributed by atoms with Crippen molar-refractivity contribution in [1.29, 1.82) is 0 Å². The van der Waals surface area contributed by atoms with Gasteiger partial charge >= 0.3 is 0 Å². The first kappa shape index (κ1) is 20.2. The summed E-state index contributed by atoms with van der Waals surface area (Å²) in [7, 11) is -3.73. The van der Waals surface area contributed by atoms with E-state index in [-0.39, 0.29) is 10.8 Å². The van der Waals surface area contributed by atoms with Crippen molar-refractivity contribution in [3.05, 3.63) is 59.6 Å². The van der Waals surface area contributed by atoms with Crippen LogP contribution in [0.25, 0.3) is 0 Å². The van der Waals surface area contributed by atoms with Gasteiger partial charge in [0.15, 0.2) is 14.6 Å². The minimum absolute atomic E-state index is 0.220. The van der Waals surface area contributed by atoms with Crippen LogP contribution in [-0.2, 0) is 14.6 Å². The third kappa shape index (κ3) is 4.33. The van der Waals surface area contributed by atoms with Gasteiger partial charge in [-0.05, 0) is 49.2 Å². The zero-order valence-electron chi connectivity index (χ0n) is 14.9. The number of amides is 1. The summed E-state index contributed by atoms with van der Waals surface area (Å²) >= 11 is 7.47. The van der Waals surface area contributed by atoms with Crippen LogP contribution >= 0.6 is 23.4 Å². The number of thioether (sulfide) groups is 1. The highest BCUT2D eigenvalue weighted by Crippen LogP contribution is 2.40. The molecule has 144 valence electrons. The number of sulfone groups is 1. The summed E-state index contributed by atoms with van der Waals surface area (Å²) in [6.07, 6.45) is 2.25. The maximum atomic E-state index is 13.2. The average Bonchev–Trinajstić information content (AvgIpc) is 3.19. The van der Waals surface area contributed by atoms with Crippen LogP contribution in [0.4, 0.5) is 0 Å². The highest BCUT2D eigenvalue weighted by molar-refractivity contribution is 7.99. The Morgan fingerprint density at radius 3 is 2.30 bits per heavy atom. The number of carbonyl (C=O) groups is 1. The van der Waals surface area contributed by atoms with E-state index < -0.39 is 14.6 Å². The summed E-state index contributed by atoms with van der Waals surface area (Å²) in [5.74, 6) is 0.287. The average molecular weight is 424 g/mol. The van der Waals surface area contributed by atoms with Crippen LogP contribution in [-0.4, -0.2) is 31.4 Å². The molecule has 1 N–H and O–H groups in total. The first-order chi connectivity index (χ1) is 13.0. The molecular weight excluding hydrogens is 402 g/mol. The summed E-state index contributed by atoms with van der Waals surface area (Å²) in [6, 6.07) is 15.8. The lowest BCUT2D eigenvalue weighted by molar-refractivity contribution is -0.123. The fourth-order valence-electron chi connectivity index (χ4n) is 3.41. The standard InChI is InChI=1S/C20H22ClNO3S2/c21-16-8-10-17(11-9-16)26-15-14-22-19(23)20(12-4-5-13-20)27(24,25)18-6-2-1-3-7-18/h1-3,6-11H,4-5,12-15H2,(H,22,23). The Labute approximate surface area is 169 Å². The predicted octanol–water partition coefficient (Wildman–Crippen LogP) is 4.34. The second-order valence-corrected chi connectivity index (χ2v) is 10.4. The second-order valence-electron chi connectivity index (χ2n) is 6.58. The molecule has 4 nitrogen and oxygen atoms in total. The summed E-state index contributed by atoms with van der Waals surface area (Å²) in [5.41, 5.74) is 0. The van der Waals surface area contributed by atoms with Crippen molar-refractivity contribution in [3.63, 3.8) is 0 Å². The minimum Gasteiger partial charge on any atom is -0.354 e. The Bertz CT molecular complexity index is 877. The lowest BCUT2D eigenvalue weighted by atomic mass is 10.1. The molecule has 0 spiro atoms. The largest absolute Gasteiger partial charge is 0.354 e. The second kappa shape index (κ2) is 8.67. The lowest BCUT2D eigenvalue weighted by Gasteiger charge is -2.27. The quantitative estimate of drug-likeness (QED) is 0.531. The van der Waals surface area contributed by atoms with E-state index in [0.717, 1.165) is 17.7 Å². The number of benzene rings is 2. The zero-order valence-corrected chi connectivity index (χ0v) is 17.2. The Hall–Kier alpha value is -1.50. The van der Waals surface area contributed by atoms with Crippen LogP contribution in [0.15, 0.2) is 64.4 Å². The molecule has 0 saturated heterocycles. The predicted molar refractivity (Wildman–Crippen MR) is 110 cm³/mol. The number of hydrogen-bond donors (Lipinski definition) is 1. The highest BCUT2D eigenvalue weighted by atomic mass is 35.5. The monoisotopic (exact) mass is 423 g/mol. The molecule has 0 aliphatic heterocycles. The van der Waals surface area contributed by atoms with Gasteiger partial charge in [-0.3, -0.25) is 4.79 Å². The summed E-state index contributed by atoms with van der Waals surface area (Å²) in [4.78, 5) is 14.2. The first-order valence-corrected chi connectivity index (χ1v) is 11.8. The van der Waals surface area contributed by atoms with Gasteiger partial charge in [0.2, 0.25) is 5.91 Å². The van der Waals surface area contributed by atoms with E-state index in [0.29, 0.717) is 30.2 Å². The van der Waals surface area contributed by atoms with E-state index in [9.17, 15) is 13.2 Å². The molecule has 0 radical (unpaired) electrons. The third-order valence-corrected chi connectivity index (χ3v) is 8.64. The number of rotatable bonds is 7. The van der Waals surface area contributed by atoms with Gasteiger partial charge in [-0.2, -0.15) is 0 Å². The Morgan fingerprint density at radius 2 is 1.67 bits per heavy atom. The molecule has 0 atom stereocenters. The van der Waals surface area contributed by atoms with Crippen molar-refractivity contribution in [2.24, 2.45) is 0 Å². The number of nitrogens with one attached hydrogen (secondary N) is 1. The Kier molecular flexibility index (Phi) is 6.50. The van der Waals surface area contributed by atoms with E-state index in [4.69, 9.17) is 11.6 Å². The molecule has 2 aromatic carbocycles. The number of hydrogen-bond acceptors (Lipinski definition) is 4. The lowest BCUT2D eigenvalue weighted by Crippen LogP contribution is -2.51. The van der Waals surface area contributed by atoms with Crippen molar-refractivity contribution in [1.82, 2.24) is 5.32 Å². The first-order valence-electron chi connectivity index (χ1n) is 8.92. The van der Waals surface area contributed by atoms with Crippen LogP contribution in [0.1, 0.15) is 25.7 Å². The van der Waals surface area contributed by atoms with Gasteiger partial charge in [-0.1, -0.05) is 42.6 Å². The molecule has 0 heterocycles. The fraction of sp³-hybridized carbons (Fsp3) is 0.350. The summed E-state index contributed by atoms with van der Waals surface area (Å²) in [5, 5.41) is 3.54. The Morgan fingerprint density at radius 1 is 1.04 bits per heavy atom. The molecule has 0 unspecified atom stereocenters. The summed E-state index contributed by atoms with van der Waals surface area (Å²) in [6.45, 7) is 0.415. The maximum Gasteiger partial charge on any atom is 0.241 e. The van der Waals surface area contributed by atoms with Gasteiger partial charge in [-0.25, -0.2) is 8.42 Å². The molecule has 1 aliphatic carbocycles. The normalized spacial score (nSPS) is 16.2. The highest BCUT2D eigenvalue weighted by Gasteiger charge is 2.52. The molecule has 3 rings (SSSR count). The van der Waals surface area contributed by atoms with E-state index in [1.165, 1.54) is 0 Å². The van der Waals surface area contributed by atoms with Crippen molar-refractivity contribution < 1.29 is 13.2 Å². The third-order valence-electron chi connectivity index (χ3n) is 4.86. The van der Waals surface area contributed by atoms with Crippen LogP contribution in [0.3, 0.4) is 0 Å². The van der Waals surface area contributed by atoms with Gasteiger partial charge in [0, 0.05) is 22.2 Å². The molecule has 1 fully saturated rings. The van der Waals surface area contributed by atoms with Gasteiger partial charge < -0.3 is 5.32 Å². The molecule has 1 amide bonds. The zero-order chi connectivity index (χ0) is 19.3. The minimum atomic E-state index is -3.73. The molecule has 2 aromatic rings. The van der Waals surface area contributed by atoms with E-state index >= 15 is 0 Å². The molecule has 0 bridgehead atoms. The topological polar surface area (TPSA) is 63.2 Å². The SMILES string of the molecule is O=C(NCCSc1ccc(Cl)cc1)C1(S(=O)(=O)c2ccccc2)CCCC1. The van der Waals surface area contributed by atoms with Crippen molar-refractivity contribution >= 4 is 39.1 Å². The van der Waals surface area contributed by atoms with Crippen LogP contribution in [0.2, 0.25) is 5.02 Å². The molecule has 7 heteroatoms. The van der Waals surface area contributed by atoms with Crippen molar-refractivity contribution in [2.75, 3.05) is 12.3 Å².